The third kappa shape index (κ3) is 4.16. The molecule has 0 N–H and O–H groups in total. The molecule has 0 aliphatic rings. The van der Waals surface area contributed by atoms with Crippen molar-refractivity contribution in [2.75, 3.05) is 7.11 Å². The zero-order valence-electron chi connectivity index (χ0n) is 15.7. The number of aromatic nitrogens is 3. The van der Waals surface area contributed by atoms with Crippen LogP contribution in [0.4, 0.5) is 13.2 Å². The number of halogens is 3. The van der Waals surface area contributed by atoms with E-state index in [4.69, 9.17) is 4.74 Å². The standard InChI is InChI=1S/C20H16F3N3O3/c1-4-5-13-6-8-15(19(27)28-3)18-16(13)11-25-26(18)12(2)14-7-9-17(24-10-14)29-20(21,22)23/h6-12H,1-3H3. The molecule has 0 amide bonds. The van der Waals surface area contributed by atoms with Crippen LogP contribution >= 0.6 is 0 Å². The maximum atomic E-state index is 12.3. The minimum absolute atomic E-state index is 0.304. The van der Waals surface area contributed by atoms with Gasteiger partial charge in [-0.25, -0.2) is 9.78 Å². The molecule has 150 valence electrons. The van der Waals surface area contributed by atoms with E-state index in [2.05, 4.69) is 26.7 Å². The molecule has 0 saturated heterocycles. The van der Waals surface area contributed by atoms with Gasteiger partial charge in [-0.05, 0) is 37.6 Å². The van der Waals surface area contributed by atoms with Crippen LogP contribution in [-0.2, 0) is 4.74 Å². The number of methoxy groups -OCH3 is 1. The van der Waals surface area contributed by atoms with Crippen molar-refractivity contribution in [2.24, 2.45) is 0 Å². The second-order valence-electron chi connectivity index (χ2n) is 6.03. The first kappa shape index (κ1) is 20.2. The Balaban J connectivity index is 2.07. The quantitative estimate of drug-likeness (QED) is 0.485. The number of ether oxygens (including phenoxy) is 2. The van der Waals surface area contributed by atoms with Crippen LogP contribution in [0.3, 0.4) is 0 Å². The smallest absolute Gasteiger partial charge is 0.465 e. The van der Waals surface area contributed by atoms with Crippen LogP contribution in [0.1, 0.15) is 41.4 Å². The predicted molar refractivity (Wildman–Crippen MR) is 98.4 cm³/mol. The molecule has 0 radical (unpaired) electrons. The summed E-state index contributed by atoms with van der Waals surface area (Å²) in [7, 11) is 1.28. The Morgan fingerprint density at radius 3 is 2.55 bits per heavy atom. The van der Waals surface area contributed by atoms with Crippen LogP contribution in [0.5, 0.6) is 5.88 Å². The van der Waals surface area contributed by atoms with Crippen LogP contribution in [0, 0.1) is 11.8 Å². The number of benzene rings is 1. The molecule has 2 heterocycles. The van der Waals surface area contributed by atoms with Gasteiger partial charge in [0.15, 0.2) is 0 Å². The molecule has 6 nitrogen and oxygen atoms in total. The number of carbonyl (C=O) groups excluding carboxylic acids is 1. The summed E-state index contributed by atoms with van der Waals surface area (Å²) >= 11 is 0. The summed E-state index contributed by atoms with van der Waals surface area (Å²) in [5.74, 6) is 4.68. The molecule has 1 unspecified atom stereocenters. The second kappa shape index (κ2) is 7.83. The van der Waals surface area contributed by atoms with Gasteiger partial charge in [-0.1, -0.05) is 5.92 Å². The Morgan fingerprint density at radius 1 is 1.21 bits per heavy atom. The maximum Gasteiger partial charge on any atom is 0.574 e. The van der Waals surface area contributed by atoms with Crippen LogP contribution in [-0.4, -0.2) is 34.2 Å². The summed E-state index contributed by atoms with van der Waals surface area (Å²) in [4.78, 5) is 15.9. The highest BCUT2D eigenvalue weighted by atomic mass is 19.4. The molecule has 0 spiro atoms. The molecule has 1 atom stereocenters. The molecule has 3 rings (SSSR count). The third-order valence-corrected chi connectivity index (χ3v) is 4.25. The molecular formula is C20H16F3N3O3. The number of fused-ring (bicyclic) bond motifs is 1. The lowest BCUT2D eigenvalue weighted by atomic mass is 10.0. The zero-order chi connectivity index (χ0) is 21.2. The highest BCUT2D eigenvalue weighted by molar-refractivity contribution is 6.04. The minimum atomic E-state index is -4.82. The fourth-order valence-corrected chi connectivity index (χ4v) is 2.93. The fourth-order valence-electron chi connectivity index (χ4n) is 2.93. The van der Waals surface area contributed by atoms with E-state index in [1.807, 2.05) is 0 Å². The molecule has 0 aliphatic carbocycles. The van der Waals surface area contributed by atoms with E-state index in [-0.39, 0.29) is 0 Å². The van der Waals surface area contributed by atoms with Crippen molar-refractivity contribution < 1.29 is 27.4 Å². The Hall–Kier alpha value is -3.54. The van der Waals surface area contributed by atoms with Gasteiger partial charge in [-0.15, -0.1) is 19.1 Å². The van der Waals surface area contributed by atoms with Gasteiger partial charge in [-0.2, -0.15) is 5.10 Å². The lowest BCUT2D eigenvalue weighted by Gasteiger charge is -2.16. The third-order valence-electron chi connectivity index (χ3n) is 4.25. The van der Waals surface area contributed by atoms with Gasteiger partial charge in [0.25, 0.3) is 0 Å². The SMILES string of the molecule is CC#Cc1ccc(C(=O)OC)c2c1cnn2C(C)c1ccc(OC(F)(F)F)nc1. The van der Waals surface area contributed by atoms with Gasteiger partial charge in [0.05, 0.1) is 30.4 Å². The largest absolute Gasteiger partial charge is 0.574 e. The summed E-state index contributed by atoms with van der Waals surface area (Å²) in [6.07, 6.45) is -1.95. The van der Waals surface area contributed by atoms with Crippen molar-refractivity contribution in [3.63, 3.8) is 0 Å². The van der Waals surface area contributed by atoms with Crippen LogP contribution in [0.2, 0.25) is 0 Å². The van der Waals surface area contributed by atoms with Crippen LogP contribution in [0.15, 0.2) is 36.7 Å². The maximum absolute atomic E-state index is 12.3. The lowest BCUT2D eigenvalue weighted by molar-refractivity contribution is -0.276. The molecule has 0 fully saturated rings. The Morgan fingerprint density at radius 2 is 1.97 bits per heavy atom. The molecular weight excluding hydrogens is 387 g/mol. The molecule has 1 aromatic carbocycles. The molecule has 0 bridgehead atoms. The number of esters is 1. The summed E-state index contributed by atoms with van der Waals surface area (Å²) in [6.45, 7) is 3.48. The summed E-state index contributed by atoms with van der Waals surface area (Å²) < 4.78 is 47.2. The van der Waals surface area contributed by atoms with Crippen molar-refractivity contribution in [3.8, 4) is 17.7 Å². The van der Waals surface area contributed by atoms with Gasteiger partial charge in [-0.3, -0.25) is 4.68 Å². The average molecular weight is 403 g/mol. The Bertz CT molecular complexity index is 1110. The molecule has 2 aromatic heterocycles. The molecule has 3 aromatic rings. The van der Waals surface area contributed by atoms with Crippen molar-refractivity contribution in [2.45, 2.75) is 26.3 Å². The number of hydrogen-bond donors (Lipinski definition) is 0. The van der Waals surface area contributed by atoms with Crippen molar-refractivity contribution >= 4 is 16.9 Å². The molecule has 29 heavy (non-hydrogen) atoms. The molecule has 0 aliphatic heterocycles. The van der Waals surface area contributed by atoms with Gasteiger partial charge in [0.2, 0.25) is 5.88 Å². The number of alkyl halides is 3. The van der Waals surface area contributed by atoms with Gasteiger partial charge < -0.3 is 9.47 Å². The lowest BCUT2D eigenvalue weighted by Crippen LogP contribution is -2.18. The number of hydrogen-bond acceptors (Lipinski definition) is 5. The normalized spacial score (nSPS) is 12.2. The summed E-state index contributed by atoms with van der Waals surface area (Å²) in [5, 5.41) is 5.04. The Kier molecular flexibility index (Phi) is 5.46. The van der Waals surface area contributed by atoms with E-state index in [1.54, 1.807) is 36.9 Å². The van der Waals surface area contributed by atoms with Crippen LogP contribution in [0.25, 0.3) is 10.9 Å². The number of carbonyl (C=O) groups is 1. The van der Waals surface area contributed by atoms with Gasteiger partial charge in [0, 0.05) is 23.2 Å². The molecule has 0 saturated carbocycles. The first-order valence-electron chi connectivity index (χ1n) is 8.48. The minimum Gasteiger partial charge on any atom is -0.465 e. The van der Waals surface area contributed by atoms with E-state index in [9.17, 15) is 18.0 Å². The number of nitrogens with zero attached hydrogens (tertiary/aromatic N) is 3. The van der Waals surface area contributed by atoms with Gasteiger partial charge in [0.1, 0.15) is 0 Å². The van der Waals surface area contributed by atoms with Gasteiger partial charge >= 0.3 is 12.3 Å². The molecule has 9 heteroatoms. The average Bonchev–Trinajstić information content (AvgIpc) is 3.12. The zero-order valence-corrected chi connectivity index (χ0v) is 15.7. The highest BCUT2D eigenvalue weighted by Gasteiger charge is 2.31. The Labute approximate surface area is 164 Å². The van der Waals surface area contributed by atoms with E-state index in [1.165, 1.54) is 19.4 Å². The van der Waals surface area contributed by atoms with Crippen molar-refractivity contribution in [1.82, 2.24) is 14.8 Å². The summed E-state index contributed by atoms with van der Waals surface area (Å²) in [6, 6.07) is 5.47. The predicted octanol–water partition coefficient (Wildman–Crippen LogP) is 4.10. The second-order valence-corrected chi connectivity index (χ2v) is 6.03. The summed E-state index contributed by atoms with van der Waals surface area (Å²) in [5.41, 5.74) is 2.09. The van der Waals surface area contributed by atoms with E-state index in [0.29, 0.717) is 27.6 Å². The fraction of sp³-hybridized carbons (Fsp3) is 0.250. The van der Waals surface area contributed by atoms with Crippen molar-refractivity contribution in [1.29, 1.82) is 0 Å². The first-order valence-corrected chi connectivity index (χ1v) is 8.48. The number of pyridine rings is 1. The highest BCUT2D eigenvalue weighted by Crippen LogP contribution is 2.29. The van der Waals surface area contributed by atoms with Crippen molar-refractivity contribution in [3.05, 3.63) is 53.3 Å². The van der Waals surface area contributed by atoms with E-state index >= 15 is 0 Å². The van der Waals surface area contributed by atoms with E-state index in [0.717, 1.165) is 6.07 Å². The topological polar surface area (TPSA) is 66.2 Å². The van der Waals surface area contributed by atoms with E-state index < -0.39 is 24.3 Å². The first-order chi connectivity index (χ1) is 13.7. The monoisotopic (exact) mass is 403 g/mol. The number of rotatable bonds is 4. The van der Waals surface area contributed by atoms with Crippen LogP contribution < -0.4 is 4.74 Å².